The highest BCUT2D eigenvalue weighted by Gasteiger charge is 2.43. The molecule has 0 saturated carbocycles. The molecule has 2 aromatic carbocycles. The summed E-state index contributed by atoms with van der Waals surface area (Å²) < 4.78 is 5.50. The van der Waals surface area contributed by atoms with Gasteiger partial charge < -0.3 is 9.64 Å². The van der Waals surface area contributed by atoms with E-state index in [9.17, 15) is 9.59 Å². The molecule has 0 radical (unpaired) electrons. The molecule has 150 valence electrons. The van der Waals surface area contributed by atoms with E-state index in [4.69, 9.17) is 4.74 Å². The molecule has 1 aliphatic rings. The lowest BCUT2D eigenvalue weighted by molar-refractivity contribution is -0.149. The number of nitrogens with zero attached hydrogens (tertiary/aromatic N) is 1. The van der Waals surface area contributed by atoms with E-state index in [1.165, 1.54) is 0 Å². The first kappa shape index (κ1) is 20.7. The van der Waals surface area contributed by atoms with Crippen LogP contribution in [0.25, 0.3) is 10.8 Å². The number of rotatable bonds is 6. The molecule has 1 amide bonds. The van der Waals surface area contributed by atoms with E-state index in [1.807, 2.05) is 56.3 Å². The Morgan fingerprint density at radius 2 is 1.79 bits per heavy atom. The lowest BCUT2D eigenvalue weighted by Gasteiger charge is -2.30. The molecule has 4 nitrogen and oxygen atoms in total. The topological polar surface area (TPSA) is 46.6 Å². The molecular formula is C23H29NO3S. The summed E-state index contributed by atoms with van der Waals surface area (Å²) in [7, 11) is 0. The monoisotopic (exact) mass is 399 g/mol. The zero-order chi connectivity index (χ0) is 20.3. The predicted octanol–water partition coefficient (Wildman–Crippen LogP) is 4.97. The molecule has 28 heavy (non-hydrogen) atoms. The van der Waals surface area contributed by atoms with Gasteiger partial charge in [0.05, 0.1) is 12.0 Å². The molecule has 1 heterocycles. The fourth-order valence-corrected chi connectivity index (χ4v) is 5.12. The Hall–Kier alpha value is -2.01. The van der Waals surface area contributed by atoms with Crippen molar-refractivity contribution in [1.29, 1.82) is 0 Å². The highest BCUT2D eigenvalue weighted by Crippen LogP contribution is 2.36. The second-order valence-electron chi connectivity index (χ2n) is 8.20. The Labute approximate surface area is 171 Å². The average molecular weight is 400 g/mol. The molecule has 0 N–H and O–H groups in total. The average Bonchev–Trinajstić information content (AvgIpc) is 3.07. The third kappa shape index (κ3) is 4.52. The maximum atomic E-state index is 13.6. The van der Waals surface area contributed by atoms with E-state index >= 15 is 0 Å². The zero-order valence-electron chi connectivity index (χ0n) is 17.1. The summed E-state index contributed by atoms with van der Waals surface area (Å²) in [5.41, 5.74) is 0.649. The lowest BCUT2D eigenvalue weighted by Crippen LogP contribution is -2.47. The largest absolute Gasteiger partial charge is 0.464 e. The summed E-state index contributed by atoms with van der Waals surface area (Å²) in [5.74, 6) is 0.919. The fourth-order valence-electron chi connectivity index (χ4n) is 3.50. The number of ether oxygens (including phenoxy) is 1. The highest BCUT2D eigenvalue weighted by atomic mass is 32.2. The van der Waals surface area contributed by atoms with Gasteiger partial charge in [-0.25, -0.2) is 4.79 Å². The number of hydrogen-bond donors (Lipinski definition) is 0. The van der Waals surface area contributed by atoms with Crippen molar-refractivity contribution in [2.24, 2.45) is 11.8 Å². The molecule has 5 heteroatoms. The second kappa shape index (κ2) is 8.99. The Kier molecular flexibility index (Phi) is 6.65. The molecule has 2 atom stereocenters. The first-order chi connectivity index (χ1) is 13.4. The quantitative estimate of drug-likeness (QED) is 0.644. The van der Waals surface area contributed by atoms with Gasteiger partial charge in [0, 0.05) is 11.3 Å². The number of amides is 1. The van der Waals surface area contributed by atoms with Crippen LogP contribution >= 0.6 is 11.8 Å². The van der Waals surface area contributed by atoms with E-state index in [1.54, 1.807) is 16.7 Å². The molecular weight excluding hydrogens is 370 g/mol. The predicted molar refractivity (Wildman–Crippen MR) is 115 cm³/mol. The number of carbonyl (C=O) groups excluding carboxylic acids is 2. The van der Waals surface area contributed by atoms with Crippen LogP contribution in [0.15, 0.2) is 42.5 Å². The summed E-state index contributed by atoms with van der Waals surface area (Å²) in [6.07, 6.45) is 0.856. The number of carbonyl (C=O) groups is 2. The lowest BCUT2D eigenvalue weighted by atomic mass is 10.0. The van der Waals surface area contributed by atoms with Gasteiger partial charge >= 0.3 is 5.97 Å². The van der Waals surface area contributed by atoms with Crippen LogP contribution in [0.1, 0.15) is 44.5 Å². The van der Waals surface area contributed by atoms with Gasteiger partial charge in [0.25, 0.3) is 5.91 Å². The SMILES string of the molecule is CC(C)COC(=O)C1CSC(CC(C)C)N1C(=O)c1cccc2ccccc12. The van der Waals surface area contributed by atoms with Crippen LogP contribution in [0.5, 0.6) is 0 Å². The van der Waals surface area contributed by atoms with Crippen LogP contribution in [0.3, 0.4) is 0 Å². The van der Waals surface area contributed by atoms with Gasteiger partial charge in [-0.1, -0.05) is 64.1 Å². The van der Waals surface area contributed by atoms with Crippen molar-refractivity contribution in [2.45, 2.75) is 45.5 Å². The highest BCUT2D eigenvalue weighted by molar-refractivity contribution is 8.00. The summed E-state index contributed by atoms with van der Waals surface area (Å²) in [5, 5.41) is 1.94. The van der Waals surface area contributed by atoms with Crippen molar-refractivity contribution in [3.63, 3.8) is 0 Å². The minimum absolute atomic E-state index is 0.0110. The van der Waals surface area contributed by atoms with Gasteiger partial charge in [-0.15, -0.1) is 11.8 Å². The number of benzene rings is 2. The molecule has 1 fully saturated rings. The number of hydrogen-bond acceptors (Lipinski definition) is 4. The van der Waals surface area contributed by atoms with Gasteiger partial charge in [-0.3, -0.25) is 4.79 Å². The molecule has 0 aliphatic carbocycles. The van der Waals surface area contributed by atoms with Crippen LogP contribution < -0.4 is 0 Å². The first-order valence-electron chi connectivity index (χ1n) is 9.97. The minimum atomic E-state index is -0.529. The van der Waals surface area contributed by atoms with Crippen molar-refractivity contribution in [3.8, 4) is 0 Å². The van der Waals surface area contributed by atoms with Crippen molar-refractivity contribution in [3.05, 3.63) is 48.0 Å². The van der Waals surface area contributed by atoms with E-state index < -0.39 is 6.04 Å². The van der Waals surface area contributed by atoms with Crippen LogP contribution in [0.2, 0.25) is 0 Å². The summed E-state index contributed by atoms with van der Waals surface area (Å²) in [6.45, 7) is 8.69. The van der Waals surface area contributed by atoms with Crippen molar-refractivity contribution >= 4 is 34.4 Å². The zero-order valence-corrected chi connectivity index (χ0v) is 17.9. The first-order valence-corrected chi connectivity index (χ1v) is 11.0. The Morgan fingerprint density at radius 1 is 1.07 bits per heavy atom. The van der Waals surface area contributed by atoms with Crippen LogP contribution in [-0.2, 0) is 9.53 Å². The van der Waals surface area contributed by atoms with Crippen LogP contribution in [-0.4, -0.2) is 40.6 Å². The fraction of sp³-hybridized carbons (Fsp3) is 0.478. The summed E-state index contributed by atoms with van der Waals surface area (Å²) >= 11 is 1.68. The molecule has 2 aromatic rings. The van der Waals surface area contributed by atoms with E-state index in [0.29, 0.717) is 23.8 Å². The Morgan fingerprint density at radius 3 is 2.50 bits per heavy atom. The molecule has 3 rings (SSSR count). The second-order valence-corrected chi connectivity index (χ2v) is 9.41. The van der Waals surface area contributed by atoms with E-state index in [0.717, 1.165) is 17.2 Å². The van der Waals surface area contributed by atoms with Gasteiger partial charge in [0.2, 0.25) is 0 Å². The van der Waals surface area contributed by atoms with Crippen LogP contribution in [0, 0.1) is 11.8 Å². The van der Waals surface area contributed by atoms with Gasteiger partial charge in [0.15, 0.2) is 0 Å². The van der Waals surface area contributed by atoms with Crippen molar-refractivity contribution in [2.75, 3.05) is 12.4 Å². The van der Waals surface area contributed by atoms with Crippen LogP contribution in [0.4, 0.5) is 0 Å². The third-order valence-corrected chi connectivity index (χ3v) is 6.16. The van der Waals surface area contributed by atoms with E-state index in [-0.39, 0.29) is 23.2 Å². The Bertz CT molecular complexity index is 843. The van der Waals surface area contributed by atoms with Gasteiger partial charge in [-0.05, 0) is 35.1 Å². The van der Waals surface area contributed by atoms with Crippen molar-refractivity contribution in [1.82, 2.24) is 4.90 Å². The summed E-state index contributed by atoms with van der Waals surface area (Å²) in [6, 6.07) is 13.1. The molecule has 0 spiro atoms. The van der Waals surface area contributed by atoms with Crippen molar-refractivity contribution < 1.29 is 14.3 Å². The number of thioether (sulfide) groups is 1. The molecule has 1 saturated heterocycles. The number of fused-ring (bicyclic) bond motifs is 1. The third-order valence-electron chi connectivity index (χ3n) is 4.85. The normalized spacial score (nSPS) is 19.6. The molecule has 0 bridgehead atoms. The maximum Gasteiger partial charge on any atom is 0.329 e. The minimum Gasteiger partial charge on any atom is -0.464 e. The Balaban J connectivity index is 1.94. The molecule has 0 aromatic heterocycles. The molecule has 2 unspecified atom stereocenters. The van der Waals surface area contributed by atoms with Gasteiger partial charge in [0.1, 0.15) is 6.04 Å². The van der Waals surface area contributed by atoms with Gasteiger partial charge in [-0.2, -0.15) is 0 Å². The summed E-state index contributed by atoms with van der Waals surface area (Å²) in [4.78, 5) is 28.1. The smallest absolute Gasteiger partial charge is 0.329 e. The molecule has 1 aliphatic heterocycles. The maximum absolute atomic E-state index is 13.6. The number of esters is 1. The van der Waals surface area contributed by atoms with E-state index in [2.05, 4.69) is 13.8 Å². The standard InChI is InChI=1S/C23H29NO3S/c1-15(2)12-21-24(20(14-28-21)23(26)27-13-16(3)4)22(25)19-11-7-9-17-8-5-6-10-18(17)19/h5-11,15-16,20-21H,12-14H2,1-4H3.